The smallest absolute Gasteiger partial charge is 0.234 e. The van der Waals surface area contributed by atoms with Crippen LogP contribution in [-0.2, 0) is 18.4 Å². The Hall–Kier alpha value is -3.00. The number of nitrogens with one attached hydrogen (secondary N) is 2. The molecule has 1 amide bonds. The first-order chi connectivity index (χ1) is 14.0. The number of anilines is 2. The van der Waals surface area contributed by atoms with Gasteiger partial charge in [0.1, 0.15) is 5.75 Å². The summed E-state index contributed by atoms with van der Waals surface area (Å²) < 4.78 is 7.06. The Morgan fingerprint density at radius 3 is 2.62 bits per heavy atom. The standard InChI is InChI=1S/C21H25N5O2S/c1-14-6-5-7-18(15(14)2)23-20(27)13-29-21-25-24-19(26(21)3)12-22-16-8-10-17(28-4)11-9-16/h5-11,22H,12-13H2,1-4H3,(H,23,27). The summed E-state index contributed by atoms with van der Waals surface area (Å²) in [5.74, 6) is 1.81. The van der Waals surface area contributed by atoms with Crippen molar-refractivity contribution < 1.29 is 9.53 Å². The summed E-state index contributed by atoms with van der Waals surface area (Å²) in [4.78, 5) is 12.3. The van der Waals surface area contributed by atoms with Crippen molar-refractivity contribution in [2.75, 3.05) is 23.5 Å². The number of amides is 1. The van der Waals surface area contributed by atoms with Crippen LogP contribution in [0.1, 0.15) is 17.0 Å². The minimum absolute atomic E-state index is 0.0652. The van der Waals surface area contributed by atoms with Crippen LogP contribution in [-0.4, -0.2) is 33.5 Å². The third kappa shape index (κ3) is 5.29. The molecular weight excluding hydrogens is 386 g/mol. The molecule has 7 nitrogen and oxygen atoms in total. The van der Waals surface area contributed by atoms with Gasteiger partial charge >= 0.3 is 0 Å². The molecule has 0 radical (unpaired) electrons. The highest BCUT2D eigenvalue weighted by Crippen LogP contribution is 2.21. The van der Waals surface area contributed by atoms with Gasteiger partial charge in [0.15, 0.2) is 11.0 Å². The van der Waals surface area contributed by atoms with E-state index in [4.69, 9.17) is 4.74 Å². The summed E-state index contributed by atoms with van der Waals surface area (Å²) >= 11 is 1.36. The van der Waals surface area contributed by atoms with E-state index in [2.05, 4.69) is 20.8 Å². The van der Waals surface area contributed by atoms with Crippen LogP contribution >= 0.6 is 11.8 Å². The molecule has 0 aliphatic carbocycles. The number of carbonyl (C=O) groups excluding carboxylic acids is 1. The Labute approximate surface area is 174 Å². The minimum atomic E-state index is -0.0652. The Morgan fingerprint density at radius 1 is 1.14 bits per heavy atom. The molecule has 0 saturated heterocycles. The van der Waals surface area contributed by atoms with E-state index in [1.165, 1.54) is 11.8 Å². The summed E-state index contributed by atoms with van der Waals surface area (Å²) in [7, 11) is 3.54. The lowest BCUT2D eigenvalue weighted by Crippen LogP contribution is -2.15. The van der Waals surface area contributed by atoms with Crippen LogP contribution in [0, 0.1) is 13.8 Å². The number of hydrogen-bond acceptors (Lipinski definition) is 6. The molecular formula is C21H25N5O2S. The number of aryl methyl sites for hydroxylation is 1. The quantitative estimate of drug-likeness (QED) is 0.549. The zero-order valence-corrected chi connectivity index (χ0v) is 17.8. The molecule has 0 atom stereocenters. The zero-order valence-electron chi connectivity index (χ0n) is 17.0. The van der Waals surface area contributed by atoms with Gasteiger partial charge in [-0.15, -0.1) is 10.2 Å². The first kappa shape index (κ1) is 20.7. The minimum Gasteiger partial charge on any atom is -0.497 e. The number of thioether (sulfide) groups is 1. The maximum atomic E-state index is 12.3. The molecule has 1 aromatic heterocycles. The van der Waals surface area contributed by atoms with Gasteiger partial charge in [-0.25, -0.2) is 0 Å². The van der Waals surface area contributed by atoms with Crippen LogP contribution < -0.4 is 15.4 Å². The van der Waals surface area contributed by atoms with E-state index in [9.17, 15) is 4.79 Å². The molecule has 0 spiro atoms. The SMILES string of the molecule is COc1ccc(NCc2nnc(SCC(=O)Nc3cccc(C)c3C)n2C)cc1. The Morgan fingerprint density at radius 2 is 1.90 bits per heavy atom. The molecule has 152 valence electrons. The normalized spacial score (nSPS) is 10.6. The topological polar surface area (TPSA) is 81.1 Å². The van der Waals surface area contributed by atoms with Gasteiger partial charge in [-0.2, -0.15) is 0 Å². The van der Waals surface area contributed by atoms with E-state index in [0.717, 1.165) is 34.1 Å². The molecule has 0 aliphatic heterocycles. The predicted octanol–water partition coefficient (Wildman–Crippen LogP) is 3.78. The number of ether oxygens (including phenoxy) is 1. The maximum absolute atomic E-state index is 12.3. The van der Waals surface area contributed by atoms with Gasteiger partial charge in [-0.3, -0.25) is 4.79 Å². The number of benzene rings is 2. The van der Waals surface area contributed by atoms with Crippen molar-refractivity contribution in [1.82, 2.24) is 14.8 Å². The third-order valence-corrected chi connectivity index (χ3v) is 5.70. The van der Waals surface area contributed by atoms with Gasteiger partial charge in [0.25, 0.3) is 0 Å². The van der Waals surface area contributed by atoms with Crippen molar-refractivity contribution in [1.29, 1.82) is 0 Å². The molecule has 1 heterocycles. The molecule has 0 bridgehead atoms. The monoisotopic (exact) mass is 411 g/mol. The molecule has 0 saturated carbocycles. The molecule has 29 heavy (non-hydrogen) atoms. The van der Waals surface area contributed by atoms with E-state index in [1.807, 2.05) is 67.9 Å². The van der Waals surface area contributed by atoms with Crippen molar-refractivity contribution in [3.63, 3.8) is 0 Å². The molecule has 0 fully saturated rings. The van der Waals surface area contributed by atoms with E-state index >= 15 is 0 Å². The van der Waals surface area contributed by atoms with Crippen LogP contribution in [0.3, 0.4) is 0 Å². The van der Waals surface area contributed by atoms with Crippen LogP contribution in [0.4, 0.5) is 11.4 Å². The highest BCUT2D eigenvalue weighted by Gasteiger charge is 2.12. The fraction of sp³-hybridized carbons (Fsp3) is 0.286. The largest absolute Gasteiger partial charge is 0.497 e. The number of carbonyl (C=O) groups is 1. The van der Waals surface area contributed by atoms with Gasteiger partial charge in [-0.05, 0) is 55.3 Å². The Bertz CT molecular complexity index is 985. The third-order valence-electron chi connectivity index (χ3n) is 4.68. The summed E-state index contributed by atoms with van der Waals surface area (Å²) in [6.07, 6.45) is 0. The first-order valence-electron chi connectivity index (χ1n) is 9.23. The second kappa shape index (κ2) is 9.47. The average Bonchev–Trinajstić information content (AvgIpc) is 3.08. The van der Waals surface area contributed by atoms with Gasteiger partial charge in [0.2, 0.25) is 5.91 Å². The molecule has 0 aliphatic rings. The zero-order chi connectivity index (χ0) is 20.8. The van der Waals surface area contributed by atoms with E-state index in [1.54, 1.807) is 7.11 Å². The summed E-state index contributed by atoms with van der Waals surface area (Å²) in [5, 5.41) is 15.4. The summed E-state index contributed by atoms with van der Waals surface area (Å²) in [5.41, 5.74) is 4.04. The van der Waals surface area contributed by atoms with Crippen molar-refractivity contribution in [3.05, 3.63) is 59.4 Å². The fourth-order valence-electron chi connectivity index (χ4n) is 2.72. The van der Waals surface area contributed by atoms with Crippen LogP contribution in [0.25, 0.3) is 0 Å². The summed E-state index contributed by atoms with van der Waals surface area (Å²) in [6, 6.07) is 13.6. The average molecular weight is 412 g/mol. The molecule has 2 N–H and O–H groups in total. The maximum Gasteiger partial charge on any atom is 0.234 e. The van der Waals surface area contributed by atoms with Crippen molar-refractivity contribution >= 4 is 29.0 Å². The lowest BCUT2D eigenvalue weighted by molar-refractivity contribution is -0.113. The Balaban J connectivity index is 1.53. The highest BCUT2D eigenvalue weighted by molar-refractivity contribution is 7.99. The number of hydrogen-bond donors (Lipinski definition) is 2. The number of rotatable bonds is 8. The molecule has 3 rings (SSSR count). The van der Waals surface area contributed by atoms with Gasteiger partial charge in [-0.1, -0.05) is 23.9 Å². The van der Waals surface area contributed by atoms with E-state index in [-0.39, 0.29) is 11.7 Å². The number of nitrogens with zero attached hydrogens (tertiary/aromatic N) is 3. The molecule has 0 unspecified atom stereocenters. The fourth-order valence-corrected chi connectivity index (χ4v) is 3.45. The first-order valence-corrected chi connectivity index (χ1v) is 10.2. The Kier molecular flexibility index (Phi) is 6.77. The van der Waals surface area contributed by atoms with Crippen molar-refractivity contribution in [3.8, 4) is 5.75 Å². The molecule has 2 aromatic carbocycles. The second-order valence-corrected chi connectivity index (χ2v) is 7.57. The second-order valence-electron chi connectivity index (χ2n) is 6.62. The lowest BCUT2D eigenvalue weighted by atomic mass is 10.1. The van der Waals surface area contributed by atoms with E-state index < -0.39 is 0 Å². The number of methoxy groups -OCH3 is 1. The van der Waals surface area contributed by atoms with E-state index in [0.29, 0.717) is 11.7 Å². The van der Waals surface area contributed by atoms with Gasteiger partial charge in [0.05, 0.1) is 19.4 Å². The number of aromatic nitrogens is 3. The van der Waals surface area contributed by atoms with Gasteiger partial charge < -0.3 is 19.9 Å². The highest BCUT2D eigenvalue weighted by atomic mass is 32.2. The van der Waals surface area contributed by atoms with Crippen molar-refractivity contribution in [2.24, 2.45) is 7.05 Å². The lowest BCUT2D eigenvalue weighted by Gasteiger charge is -2.10. The predicted molar refractivity (Wildman–Crippen MR) is 117 cm³/mol. The van der Waals surface area contributed by atoms with Crippen LogP contribution in [0.2, 0.25) is 0 Å². The van der Waals surface area contributed by atoms with Crippen molar-refractivity contribution in [2.45, 2.75) is 25.5 Å². The van der Waals surface area contributed by atoms with Gasteiger partial charge in [0, 0.05) is 18.4 Å². The summed E-state index contributed by atoms with van der Waals surface area (Å²) in [6.45, 7) is 4.56. The molecule has 8 heteroatoms. The molecule has 3 aromatic rings. The van der Waals surface area contributed by atoms with Crippen LogP contribution in [0.5, 0.6) is 5.75 Å². The van der Waals surface area contributed by atoms with Crippen LogP contribution in [0.15, 0.2) is 47.6 Å².